The van der Waals surface area contributed by atoms with Crippen LogP contribution in [0.2, 0.25) is 0 Å². The van der Waals surface area contributed by atoms with Crippen molar-refractivity contribution >= 4 is 5.91 Å². The number of hydrogen-bond acceptors (Lipinski definition) is 3. The Hall–Kier alpha value is -1.36. The van der Waals surface area contributed by atoms with Crippen LogP contribution in [0.5, 0.6) is 0 Å². The zero-order valence-electron chi connectivity index (χ0n) is 11.3. The van der Waals surface area contributed by atoms with Crippen LogP contribution in [0.4, 0.5) is 0 Å². The van der Waals surface area contributed by atoms with Crippen molar-refractivity contribution in [3.05, 3.63) is 18.2 Å². The molecule has 1 saturated carbocycles. The van der Waals surface area contributed by atoms with Crippen molar-refractivity contribution in [2.45, 2.75) is 44.1 Å². The van der Waals surface area contributed by atoms with Gasteiger partial charge < -0.3 is 15.2 Å². The van der Waals surface area contributed by atoms with Crippen LogP contribution in [0.25, 0.3) is 0 Å². The highest BCUT2D eigenvalue weighted by Crippen LogP contribution is 2.41. The molecule has 0 radical (unpaired) electrons. The lowest BCUT2D eigenvalue weighted by Crippen LogP contribution is -2.52. The van der Waals surface area contributed by atoms with Crippen LogP contribution >= 0.6 is 0 Å². The van der Waals surface area contributed by atoms with E-state index in [4.69, 9.17) is 5.73 Å². The first-order valence-electron chi connectivity index (χ1n) is 7.27. The Morgan fingerprint density at radius 2 is 2.00 bits per heavy atom. The average molecular weight is 262 g/mol. The maximum absolute atomic E-state index is 11.5. The van der Waals surface area contributed by atoms with Gasteiger partial charge in [-0.25, -0.2) is 4.98 Å². The van der Waals surface area contributed by atoms with E-state index in [-0.39, 0.29) is 5.54 Å². The van der Waals surface area contributed by atoms with Gasteiger partial charge in [0, 0.05) is 18.9 Å². The molecule has 19 heavy (non-hydrogen) atoms. The molecule has 0 unspecified atom stereocenters. The minimum Gasteiger partial charge on any atom is -0.363 e. The summed E-state index contributed by atoms with van der Waals surface area (Å²) in [6.07, 6.45) is 11.0. The lowest BCUT2D eigenvalue weighted by molar-refractivity contribution is 0.0615. The van der Waals surface area contributed by atoms with E-state index < -0.39 is 5.91 Å². The molecule has 1 aromatic heterocycles. The average Bonchev–Trinajstić information content (AvgIpc) is 2.84. The number of nitrogens with zero attached hydrogens (tertiary/aromatic N) is 3. The molecule has 2 heterocycles. The standard InChI is InChI=1S/C14H22N4O/c15-12(19)13-16-7-10-18(13)14(5-4-6-14)11-17-8-2-1-3-9-17/h7,10H,1-6,8-9,11H2,(H2,15,19). The summed E-state index contributed by atoms with van der Waals surface area (Å²) >= 11 is 0. The number of primary amides is 1. The third-order valence-electron chi connectivity index (χ3n) is 4.62. The molecule has 2 N–H and O–H groups in total. The summed E-state index contributed by atoms with van der Waals surface area (Å²) in [5.74, 6) is -0.00775. The molecular weight excluding hydrogens is 240 g/mol. The Labute approximate surface area is 113 Å². The van der Waals surface area contributed by atoms with Crippen molar-refractivity contribution in [3.8, 4) is 0 Å². The number of nitrogens with two attached hydrogens (primary N) is 1. The normalized spacial score (nSPS) is 22.9. The van der Waals surface area contributed by atoms with Gasteiger partial charge in [0.25, 0.3) is 5.91 Å². The molecule has 104 valence electrons. The van der Waals surface area contributed by atoms with Crippen LogP contribution in [-0.4, -0.2) is 40.0 Å². The highest BCUT2D eigenvalue weighted by molar-refractivity contribution is 5.89. The molecule has 0 spiro atoms. The van der Waals surface area contributed by atoms with Gasteiger partial charge in [-0.3, -0.25) is 4.79 Å². The fraction of sp³-hybridized carbons (Fsp3) is 0.714. The smallest absolute Gasteiger partial charge is 0.284 e. The minimum absolute atomic E-state index is 0.0538. The first-order chi connectivity index (χ1) is 9.21. The van der Waals surface area contributed by atoms with Gasteiger partial charge in [-0.15, -0.1) is 0 Å². The van der Waals surface area contributed by atoms with E-state index in [1.165, 1.54) is 38.8 Å². The van der Waals surface area contributed by atoms with Gasteiger partial charge in [0.15, 0.2) is 5.82 Å². The van der Waals surface area contributed by atoms with Gasteiger partial charge in [0.1, 0.15) is 0 Å². The Morgan fingerprint density at radius 1 is 1.26 bits per heavy atom. The first-order valence-corrected chi connectivity index (χ1v) is 7.27. The monoisotopic (exact) mass is 262 g/mol. The molecule has 5 heteroatoms. The van der Waals surface area contributed by atoms with E-state index in [9.17, 15) is 4.79 Å². The molecule has 3 rings (SSSR count). The molecule has 1 amide bonds. The molecular formula is C14H22N4O. The Bertz CT molecular complexity index is 458. The van der Waals surface area contributed by atoms with Gasteiger partial charge in [0.2, 0.25) is 0 Å². The van der Waals surface area contributed by atoms with Gasteiger partial charge in [-0.05, 0) is 45.2 Å². The topological polar surface area (TPSA) is 64.2 Å². The van der Waals surface area contributed by atoms with Crippen LogP contribution in [0.3, 0.4) is 0 Å². The third kappa shape index (κ3) is 2.27. The Balaban J connectivity index is 1.81. The van der Waals surface area contributed by atoms with Crippen molar-refractivity contribution in [1.29, 1.82) is 0 Å². The van der Waals surface area contributed by atoms with Crippen LogP contribution < -0.4 is 5.73 Å². The first kappa shape index (κ1) is 12.7. The Kier molecular flexibility index (Phi) is 3.31. The zero-order chi connectivity index (χ0) is 13.3. The van der Waals surface area contributed by atoms with Crippen LogP contribution in [0.15, 0.2) is 12.4 Å². The van der Waals surface area contributed by atoms with Crippen molar-refractivity contribution in [1.82, 2.24) is 14.5 Å². The van der Waals surface area contributed by atoms with Gasteiger partial charge >= 0.3 is 0 Å². The lowest BCUT2D eigenvalue weighted by Gasteiger charge is -2.47. The third-order valence-corrected chi connectivity index (χ3v) is 4.62. The predicted octanol–water partition coefficient (Wildman–Crippen LogP) is 1.35. The van der Waals surface area contributed by atoms with E-state index >= 15 is 0 Å². The highest BCUT2D eigenvalue weighted by Gasteiger charge is 2.42. The summed E-state index contributed by atoms with van der Waals surface area (Å²) in [6, 6.07) is 0. The molecule has 1 saturated heterocycles. The van der Waals surface area contributed by atoms with Crippen LogP contribution in [0.1, 0.15) is 49.1 Å². The van der Waals surface area contributed by atoms with Crippen LogP contribution in [-0.2, 0) is 5.54 Å². The molecule has 0 aromatic carbocycles. The zero-order valence-corrected chi connectivity index (χ0v) is 11.3. The second-order valence-electron chi connectivity index (χ2n) is 5.90. The highest BCUT2D eigenvalue weighted by atomic mass is 16.1. The van der Waals surface area contributed by atoms with E-state index in [2.05, 4.69) is 9.88 Å². The summed E-state index contributed by atoms with van der Waals surface area (Å²) < 4.78 is 2.04. The van der Waals surface area contributed by atoms with Gasteiger partial charge in [-0.2, -0.15) is 0 Å². The molecule has 2 fully saturated rings. The van der Waals surface area contributed by atoms with Crippen molar-refractivity contribution in [3.63, 3.8) is 0 Å². The molecule has 0 bridgehead atoms. The number of aromatic nitrogens is 2. The van der Waals surface area contributed by atoms with E-state index in [0.717, 1.165) is 19.4 Å². The van der Waals surface area contributed by atoms with Crippen molar-refractivity contribution < 1.29 is 4.79 Å². The van der Waals surface area contributed by atoms with Crippen LogP contribution in [0, 0.1) is 0 Å². The van der Waals surface area contributed by atoms with E-state index in [0.29, 0.717) is 5.82 Å². The van der Waals surface area contributed by atoms with E-state index in [1.807, 2.05) is 10.8 Å². The second-order valence-corrected chi connectivity index (χ2v) is 5.90. The summed E-state index contributed by atoms with van der Waals surface area (Å²) in [5, 5.41) is 0. The Morgan fingerprint density at radius 3 is 2.58 bits per heavy atom. The quantitative estimate of drug-likeness (QED) is 0.890. The fourth-order valence-corrected chi connectivity index (χ4v) is 3.46. The molecule has 1 aliphatic carbocycles. The molecule has 2 aliphatic rings. The summed E-state index contributed by atoms with van der Waals surface area (Å²) in [6.45, 7) is 3.40. The van der Waals surface area contributed by atoms with E-state index in [1.54, 1.807) is 6.20 Å². The van der Waals surface area contributed by atoms with Gasteiger partial charge in [-0.1, -0.05) is 6.42 Å². The molecule has 5 nitrogen and oxygen atoms in total. The molecule has 1 aliphatic heterocycles. The maximum Gasteiger partial charge on any atom is 0.284 e. The minimum atomic E-state index is -0.421. The second kappa shape index (κ2) is 4.96. The summed E-state index contributed by atoms with van der Waals surface area (Å²) in [7, 11) is 0. The largest absolute Gasteiger partial charge is 0.363 e. The number of rotatable bonds is 4. The number of hydrogen-bond donors (Lipinski definition) is 1. The number of imidazole rings is 1. The van der Waals surface area contributed by atoms with Crippen molar-refractivity contribution in [2.75, 3.05) is 19.6 Å². The number of likely N-dealkylation sites (tertiary alicyclic amines) is 1. The molecule has 1 aromatic rings. The number of amides is 1. The summed E-state index contributed by atoms with van der Waals surface area (Å²) in [4.78, 5) is 18.1. The lowest BCUT2D eigenvalue weighted by atomic mass is 9.75. The fourth-order valence-electron chi connectivity index (χ4n) is 3.46. The number of piperidine rings is 1. The molecule has 0 atom stereocenters. The van der Waals surface area contributed by atoms with Crippen molar-refractivity contribution in [2.24, 2.45) is 5.73 Å². The SMILES string of the molecule is NC(=O)c1nccn1C1(CN2CCCCC2)CCC1. The predicted molar refractivity (Wildman–Crippen MR) is 72.9 cm³/mol. The van der Waals surface area contributed by atoms with Gasteiger partial charge in [0.05, 0.1) is 5.54 Å². The number of carbonyl (C=O) groups is 1. The number of carbonyl (C=O) groups excluding carboxylic acids is 1. The summed E-state index contributed by atoms with van der Waals surface area (Å²) in [5.41, 5.74) is 5.49. The maximum atomic E-state index is 11.5.